The fraction of sp³-hybridized carbons (Fsp3) is 0.462. The van der Waals surface area contributed by atoms with Gasteiger partial charge in [-0.05, 0) is 25.0 Å². The summed E-state index contributed by atoms with van der Waals surface area (Å²) in [6, 6.07) is 3.27. The Kier molecular flexibility index (Phi) is 4.83. The predicted octanol–water partition coefficient (Wildman–Crippen LogP) is 1.57. The van der Waals surface area contributed by atoms with Crippen molar-refractivity contribution in [2.45, 2.75) is 20.8 Å². The molecule has 0 bridgehead atoms. The maximum atomic E-state index is 12.2. The second-order valence-electron chi connectivity index (χ2n) is 4.66. The van der Waals surface area contributed by atoms with Crippen LogP contribution in [0.2, 0.25) is 0 Å². The van der Waals surface area contributed by atoms with Crippen LogP contribution in [-0.4, -0.2) is 40.0 Å². The van der Waals surface area contributed by atoms with Gasteiger partial charge in [-0.2, -0.15) is 0 Å². The number of carbonyl (C=O) groups is 2. The fourth-order valence-corrected chi connectivity index (χ4v) is 1.68. The monoisotopic (exact) mass is 250 g/mol. The van der Waals surface area contributed by atoms with Crippen molar-refractivity contribution in [2.24, 2.45) is 5.92 Å². The lowest BCUT2D eigenvalue weighted by Gasteiger charge is -2.22. The van der Waals surface area contributed by atoms with Gasteiger partial charge in [0, 0.05) is 24.0 Å². The van der Waals surface area contributed by atoms with Gasteiger partial charge >= 0.3 is 5.97 Å². The molecular formula is C13H18N2O3. The van der Waals surface area contributed by atoms with Crippen molar-refractivity contribution in [3.63, 3.8) is 0 Å². The summed E-state index contributed by atoms with van der Waals surface area (Å²) in [7, 11) is 0. The van der Waals surface area contributed by atoms with Crippen molar-refractivity contribution >= 4 is 11.9 Å². The molecule has 0 spiro atoms. The average Bonchev–Trinajstić information content (AvgIpc) is 2.26. The molecule has 18 heavy (non-hydrogen) atoms. The number of amides is 1. The summed E-state index contributed by atoms with van der Waals surface area (Å²) in [5.74, 6) is -1.05. The Morgan fingerprint density at radius 2 is 2.11 bits per heavy atom. The molecule has 0 aliphatic carbocycles. The number of hydrogen-bond donors (Lipinski definition) is 1. The fourth-order valence-electron chi connectivity index (χ4n) is 1.68. The SMILES string of the molecule is Cc1cc(C(=O)N(CC(=O)O)CC(C)C)ccn1. The standard InChI is InChI=1S/C13H18N2O3/c1-9(2)7-15(8-12(16)17)13(18)11-4-5-14-10(3)6-11/h4-6,9H,7-8H2,1-3H3,(H,16,17). The lowest BCUT2D eigenvalue weighted by Crippen LogP contribution is -2.38. The molecular weight excluding hydrogens is 232 g/mol. The lowest BCUT2D eigenvalue weighted by atomic mass is 10.1. The highest BCUT2D eigenvalue weighted by atomic mass is 16.4. The van der Waals surface area contributed by atoms with Gasteiger partial charge in [0.05, 0.1) is 0 Å². The Hall–Kier alpha value is -1.91. The van der Waals surface area contributed by atoms with Crippen LogP contribution < -0.4 is 0 Å². The number of rotatable bonds is 5. The minimum Gasteiger partial charge on any atom is -0.480 e. The van der Waals surface area contributed by atoms with Gasteiger partial charge in [-0.3, -0.25) is 14.6 Å². The van der Waals surface area contributed by atoms with Gasteiger partial charge in [-0.15, -0.1) is 0 Å². The zero-order chi connectivity index (χ0) is 13.7. The van der Waals surface area contributed by atoms with Gasteiger partial charge < -0.3 is 10.0 Å². The third-order valence-electron chi connectivity index (χ3n) is 2.34. The predicted molar refractivity (Wildman–Crippen MR) is 67.4 cm³/mol. The summed E-state index contributed by atoms with van der Waals surface area (Å²) in [5.41, 5.74) is 1.21. The highest BCUT2D eigenvalue weighted by Gasteiger charge is 2.19. The number of carbonyl (C=O) groups excluding carboxylic acids is 1. The van der Waals surface area contributed by atoms with Gasteiger partial charge in [-0.25, -0.2) is 0 Å². The Labute approximate surface area is 106 Å². The summed E-state index contributed by atoms with van der Waals surface area (Å²) < 4.78 is 0. The van der Waals surface area contributed by atoms with E-state index >= 15 is 0 Å². The van der Waals surface area contributed by atoms with E-state index in [1.807, 2.05) is 13.8 Å². The highest BCUT2D eigenvalue weighted by molar-refractivity contribution is 5.95. The first kappa shape index (κ1) is 14.2. The van der Waals surface area contributed by atoms with Crippen LogP contribution in [0, 0.1) is 12.8 Å². The van der Waals surface area contributed by atoms with E-state index in [0.29, 0.717) is 12.1 Å². The molecule has 1 aromatic rings. The second-order valence-corrected chi connectivity index (χ2v) is 4.66. The van der Waals surface area contributed by atoms with E-state index < -0.39 is 5.97 Å². The number of aryl methyl sites for hydroxylation is 1. The molecule has 0 aromatic carbocycles. The first-order valence-corrected chi connectivity index (χ1v) is 5.84. The topological polar surface area (TPSA) is 70.5 Å². The Bertz CT molecular complexity index is 444. The van der Waals surface area contributed by atoms with Crippen molar-refractivity contribution in [2.75, 3.05) is 13.1 Å². The zero-order valence-electron chi connectivity index (χ0n) is 10.9. The minimum absolute atomic E-state index is 0.219. The molecule has 1 amide bonds. The summed E-state index contributed by atoms with van der Waals surface area (Å²) in [6.07, 6.45) is 1.55. The van der Waals surface area contributed by atoms with Gasteiger partial charge in [0.2, 0.25) is 0 Å². The molecule has 1 aromatic heterocycles. The summed E-state index contributed by atoms with van der Waals surface area (Å²) in [5, 5.41) is 8.84. The van der Waals surface area contributed by atoms with E-state index in [1.54, 1.807) is 25.3 Å². The largest absolute Gasteiger partial charge is 0.480 e. The van der Waals surface area contributed by atoms with Crippen LogP contribution in [0.3, 0.4) is 0 Å². The van der Waals surface area contributed by atoms with Crippen LogP contribution in [0.15, 0.2) is 18.3 Å². The summed E-state index contributed by atoms with van der Waals surface area (Å²) in [6.45, 7) is 5.82. The van der Waals surface area contributed by atoms with Crippen molar-refractivity contribution in [1.82, 2.24) is 9.88 Å². The molecule has 1 heterocycles. The van der Waals surface area contributed by atoms with Gasteiger partial charge in [0.1, 0.15) is 6.54 Å². The zero-order valence-corrected chi connectivity index (χ0v) is 10.9. The maximum absolute atomic E-state index is 12.2. The number of aliphatic carboxylic acids is 1. The number of hydrogen-bond acceptors (Lipinski definition) is 3. The molecule has 0 radical (unpaired) electrons. The Balaban J connectivity index is 2.90. The normalized spacial score (nSPS) is 10.4. The maximum Gasteiger partial charge on any atom is 0.323 e. The van der Waals surface area contributed by atoms with Crippen LogP contribution in [-0.2, 0) is 4.79 Å². The number of pyridine rings is 1. The van der Waals surface area contributed by atoms with Gasteiger partial charge in [0.15, 0.2) is 0 Å². The average molecular weight is 250 g/mol. The van der Waals surface area contributed by atoms with E-state index in [2.05, 4.69) is 4.98 Å². The van der Waals surface area contributed by atoms with Crippen LogP contribution >= 0.6 is 0 Å². The first-order chi connectivity index (χ1) is 8.40. The molecule has 0 aliphatic heterocycles. The van der Waals surface area contributed by atoms with Crippen LogP contribution in [0.1, 0.15) is 29.9 Å². The number of carboxylic acid groups (broad SMARTS) is 1. The summed E-state index contributed by atoms with van der Waals surface area (Å²) >= 11 is 0. The molecule has 1 rings (SSSR count). The Morgan fingerprint density at radius 3 is 2.61 bits per heavy atom. The minimum atomic E-state index is -1.00. The van der Waals surface area contributed by atoms with E-state index in [4.69, 9.17) is 5.11 Å². The van der Waals surface area contributed by atoms with Crippen molar-refractivity contribution < 1.29 is 14.7 Å². The van der Waals surface area contributed by atoms with Gasteiger partial charge in [-0.1, -0.05) is 13.8 Å². The molecule has 0 fully saturated rings. The molecule has 5 nitrogen and oxygen atoms in total. The molecule has 5 heteroatoms. The number of carboxylic acids is 1. The third-order valence-corrected chi connectivity index (χ3v) is 2.34. The molecule has 98 valence electrons. The van der Waals surface area contributed by atoms with Crippen LogP contribution in [0.4, 0.5) is 0 Å². The molecule has 0 saturated carbocycles. The second kappa shape index (κ2) is 6.14. The van der Waals surface area contributed by atoms with Gasteiger partial charge in [0.25, 0.3) is 5.91 Å². The van der Waals surface area contributed by atoms with Crippen LogP contribution in [0.5, 0.6) is 0 Å². The molecule has 1 N–H and O–H groups in total. The number of aromatic nitrogens is 1. The molecule has 0 atom stereocenters. The Morgan fingerprint density at radius 1 is 1.44 bits per heavy atom. The quantitative estimate of drug-likeness (QED) is 0.861. The van der Waals surface area contributed by atoms with Crippen LogP contribution in [0.25, 0.3) is 0 Å². The van der Waals surface area contributed by atoms with E-state index in [9.17, 15) is 9.59 Å². The van der Waals surface area contributed by atoms with E-state index in [1.165, 1.54) is 4.90 Å². The lowest BCUT2D eigenvalue weighted by molar-refractivity contribution is -0.137. The smallest absolute Gasteiger partial charge is 0.323 e. The van der Waals surface area contributed by atoms with Crippen molar-refractivity contribution in [3.05, 3.63) is 29.6 Å². The molecule has 0 saturated heterocycles. The van der Waals surface area contributed by atoms with E-state index in [0.717, 1.165) is 5.69 Å². The molecule has 0 unspecified atom stereocenters. The van der Waals surface area contributed by atoms with E-state index in [-0.39, 0.29) is 18.4 Å². The molecule has 0 aliphatic rings. The highest BCUT2D eigenvalue weighted by Crippen LogP contribution is 2.08. The third kappa shape index (κ3) is 4.16. The summed E-state index contributed by atoms with van der Waals surface area (Å²) in [4.78, 5) is 28.4. The number of nitrogens with zero attached hydrogens (tertiary/aromatic N) is 2. The van der Waals surface area contributed by atoms with Crippen molar-refractivity contribution in [1.29, 1.82) is 0 Å². The first-order valence-electron chi connectivity index (χ1n) is 5.84. The van der Waals surface area contributed by atoms with Crippen molar-refractivity contribution in [3.8, 4) is 0 Å².